The number of hydrogen-bond donors (Lipinski definition) is 0. The van der Waals surface area contributed by atoms with Crippen molar-refractivity contribution in [3.05, 3.63) is 65.7 Å². The number of carbonyl (C=O) groups is 1. The molecule has 1 heterocycles. The van der Waals surface area contributed by atoms with E-state index in [0.29, 0.717) is 17.0 Å². The van der Waals surface area contributed by atoms with Gasteiger partial charge in [0.05, 0.1) is 10.6 Å². The molecule has 1 saturated heterocycles. The molecule has 2 aromatic carbocycles. The SMILES string of the molecule is Cc1ccccc1C(=O)N1CCCC1CS(=O)(=O)c1ccccc1. The molecular weight excluding hydrogens is 322 g/mol. The number of rotatable bonds is 4. The normalized spacial score (nSPS) is 17.9. The second kappa shape index (κ2) is 6.77. The lowest BCUT2D eigenvalue weighted by atomic mass is 10.1. The second-order valence-corrected chi connectivity index (χ2v) is 8.24. The molecule has 1 unspecified atom stereocenters. The molecule has 1 aliphatic rings. The number of carbonyl (C=O) groups excluding carboxylic acids is 1. The van der Waals surface area contributed by atoms with E-state index in [2.05, 4.69) is 0 Å². The summed E-state index contributed by atoms with van der Waals surface area (Å²) in [6.45, 7) is 2.52. The number of sulfone groups is 1. The van der Waals surface area contributed by atoms with E-state index in [1.807, 2.05) is 25.1 Å². The van der Waals surface area contributed by atoms with E-state index >= 15 is 0 Å². The van der Waals surface area contributed by atoms with Crippen molar-refractivity contribution < 1.29 is 13.2 Å². The average molecular weight is 343 g/mol. The van der Waals surface area contributed by atoms with Crippen molar-refractivity contribution in [1.82, 2.24) is 4.90 Å². The van der Waals surface area contributed by atoms with E-state index in [-0.39, 0.29) is 17.7 Å². The van der Waals surface area contributed by atoms with Crippen LogP contribution < -0.4 is 0 Å². The van der Waals surface area contributed by atoms with Gasteiger partial charge in [0.2, 0.25) is 0 Å². The number of hydrogen-bond acceptors (Lipinski definition) is 3. The first-order valence-electron chi connectivity index (χ1n) is 8.13. The second-order valence-electron chi connectivity index (χ2n) is 6.20. The molecule has 0 spiro atoms. The highest BCUT2D eigenvalue weighted by molar-refractivity contribution is 7.91. The molecule has 0 saturated carbocycles. The highest BCUT2D eigenvalue weighted by atomic mass is 32.2. The van der Waals surface area contributed by atoms with E-state index in [4.69, 9.17) is 0 Å². The summed E-state index contributed by atoms with van der Waals surface area (Å²) in [6, 6.07) is 15.6. The van der Waals surface area contributed by atoms with Crippen molar-refractivity contribution >= 4 is 15.7 Å². The van der Waals surface area contributed by atoms with Gasteiger partial charge in [-0.3, -0.25) is 4.79 Å². The Morgan fingerprint density at radius 2 is 1.75 bits per heavy atom. The quantitative estimate of drug-likeness (QED) is 0.857. The molecule has 0 radical (unpaired) electrons. The Hall–Kier alpha value is -2.14. The zero-order valence-corrected chi connectivity index (χ0v) is 14.5. The fourth-order valence-corrected chi connectivity index (χ4v) is 4.84. The summed E-state index contributed by atoms with van der Waals surface area (Å²) < 4.78 is 25.2. The summed E-state index contributed by atoms with van der Waals surface area (Å²) in [5.41, 5.74) is 1.57. The van der Waals surface area contributed by atoms with E-state index in [1.165, 1.54) is 0 Å². The van der Waals surface area contributed by atoms with Crippen LogP contribution in [0.3, 0.4) is 0 Å². The molecule has 3 rings (SSSR count). The minimum atomic E-state index is -3.40. The van der Waals surface area contributed by atoms with Crippen molar-refractivity contribution in [1.29, 1.82) is 0 Å². The molecule has 24 heavy (non-hydrogen) atoms. The average Bonchev–Trinajstić information content (AvgIpc) is 3.03. The first-order chi connectivity index (χ1) is 11.5. The van der Waals surface area contributed by atoms with E-state index in [9.17, 15) is 13.2 Å². The Bertz CT molecular complexity index is 831. The van der Waals surface area contributed by atoms with Crippen LogP contribution in [0.25, 0.3) is 0 Å². The van der Waals surface area contributed by atoms with Crippen molar-refractivity contribution in [2.75, 3.05) is 12.3 Å². The van der Waals surface area contributed by atoms with Crippen LogP contribution in [0.2, 0.25) is 0 Å². The molecule has 1 aliphatic heterocycles. The van der Waals surface area contributed by atoms with Crippen LogP contribution in [0, 0.1) is 6.92 Å². The van der Waals surface area contributed by atoms with Crippen LogP contribution in [0.1, 0.15) is 28.8 Å². The third kappa shape index (κ3) is 3.36. The maximum absolute atomic E-state index is 12.8. The van der Waals surface area contributed by atoms with Gasteiger partial charge in [-0.2, -0.15) is 0 Å². The molecular formula is C19H21NO3S. The minimum Gasteiger partial charge on any atom is -0.335 e. The van der Waals surface area contributed by atoms with Gasteiger partial charge in [-0.15, -0.1) is 0 Å². The third-order valence-electron chi connectivity index (χ3n) is 4.53. The van der Waals surface area contributed by atoms with E-state index < -0.39 is 9.84 Å². The number of amides is 1. The van der Waals surface area contributed by atoms with Crippen LogP contribution in [-0.4, -0.2) is 37.6 Å². The lowest BCUT2D eigenvalue weighted by molar-refractivity contribution is 0.0748. The summed E-state index contributed by atoms with van der Waals surface area (Å²) in [5, 5.41) is 0. The topological polar surface area (TPSA) is 54.5 Å². The monoisotopic (exact) mass is 343 g/mol. The highest BCUT2D eigenvalue weighted by Crippen LogP contribution is 2.24. The Morgan fingerprint density at radius 1 is 1.08 bits per heavy atom. The summed E-state index contributed by atoms with van der Waals surface area (Å²) in [7, 11) is -3.40. The van der Waals surface area contributed by atoms with Gasteiger partial charge in [0.15, 0.2) is 9.84 Å². The van der Waals surface area contributed by atoms with Crippen molar-refractivity contribution in [2.45, 2.75) is 30.7 Å². The minimum absolute atomic E-state index is 0.0192. The fourth-order valence-electron chi connectivity index (χ4n) is 3.22. The Labute approximate surface area is 143 Å². The largest absolute Gasteiger partial charge is 0.335 e. The number of aryl methyl sites for hydroxylation is 1. The standard InChI is InChI=1S/C19H21NO3S/c1-15-8-5-6-12-18(15)19(21)20-13-7-9-16(20)14-24(22,23)17-10-3-2-4-11-17/h2-6,8,10-12,16H,7,9,13-14H2,1H3. The lowest BCUT2D eigenvalue weighted by Crippen LogP contribution is -2.40. The Balaban J connectivity index is 1.82. The number of nitrogens with zero attached hydrogens (tertiary/aromatic N) is 1. The zero-order chi connectivity index (χ0) is 17.2. The van der Waals surface area contributed by atoms with Gasteiger partial charge < -0.3 is 4.90 Å². The number of benzene rings is 2. The predicted octanol–water partition coefficient (Wildman–Crippen LogP) is 3.07. The molecule has 1 fully saturated rings. The Morgan fingerprint density at radius 3 is 2.46 bits per heavy atom. The van der Waals surface area contributed by atoms with Crippen LogP contribution in [0.4, 0.5) is 0 Å². The summed E-state index contributed by atoms with van der Waals surface area (Å²) >= 11 is 0. The highest BCUT2D eigenvalue weighted by Gasteiger charge is 2.33. The van der Waals surface area contributed by atoms with Gasteiger partial charge in [-0.25, -0.2) is 8.42 Å². The molecule has 1 amide bonds. The summed E-state index contributed by atoms with van der Waals surface area (Å²) in [6.07, 6.45) is 1.57. The summed E-state index contributed by atoms with van der Waals surface area (Å²) in [5.74, 6) is -0.0897. The maximum Gasteiger partial charge on any atom is 0.254 e. The molecule has 0 bridgehead atoms. The molecule has 126 valence electrons. The van der Waals surface area contributed by atoms with Gasteiger partial charge in [0.25, 0.3) is 5.91 Å². The lowest BCUT2D eigenvalue weighted by Gasteiger charge is -2.25. The van der Waals surface area contributed by atoms with Gasteiger partial charge in [-0.1, -0.05) is 36.4 Å². The van der Waals surface area contributed by atoms with Crippen LogP contribution in [0.15, 0.2) is 59.5 Å². The van der Waals surface area contributed by atoms with E-state index in [1.54, 1.807) is 41.3 Å². The van der Waals surface area contributed by atoms with Gasteiger partial charge in [-0.05, 0) is 43.5 Å². The van der Waals surface area contributed by atoms with Gasteiger partial charge in [0, 0.05) is 18.2 Å². The molecule has 0 N–H and O–H groups in total. The molecule has 5 heteroatoms. The molecule has 0 aliphatic carbocycles. The van der Waals surface area contributed by atoms with Crippen molar-refractivity contribution in [3.8, 4) is 0 Å². The predicted molar refractivity (Wildman–Crippen MR) is 93.7 cm³/mol. The third-order valence-corrected chi connectivity index (χ3v) is 6.34. The Kier molecular flexibility index (Phi) is 4.71. The number of likely N-dealkylation sites (tertiary alicyclic amines) is 1. The van der Waals surface area contributed by atoms with Gasteiger partial charge >= 0.3 is 0 Å². The zero-order valence-electron chi connectivity index (χ0n) is 13.7. The van der Waals surface area contributed by atoms with Gasteiger partial charge in [0.1, 0.15) is 0 Å². The molecule has 0 aromatic heterocycles. The van der Waals surface area contributed by atoms with Crippen molar-refractivity contribution in [2.24, 2.45) is 0 Å². The molecule has 1 atom stereocenters. The smallest absolute Gasteiger partial charge is 0.254 e. The van der Waals surface area contributed by atoms with Crippen LogP contribution >= 0.6 is 0 Å². The van der Waals surface area contributed by atoms with Crippen LogP contribution in [-0.2, 0) is 9.84 Å². The van der Waals surface area contributed by atoms with Crippen LogP contribution in [0.5, 0.6) is 0 Å². The fraction of sp³-hybridized carbons (Fsp3) is 0.316. The molecule has 4 nitrogen and oxygen atoms in total. The molecule has 2 aromatic rings. The first-order valence-corrected chi connectivity index (χ1v) is 9.79. The maximum atomic E-state index is 12.8. The summed E-state index contributed by atoms with van der Waals surface area (Å²) in [4.78, 5) is 14.9. The van der Waals surface area contributed by atoms with E-state index in [0.717, 1.165) is 18.4 Å². The van der Waals surface area contributed by atoms with Crippen molar-refractivity contribution in [3.63, 3.8) is 0 Å². The first kappa shape index (κ1) is 16.7.